The monoisotopic (exact) mass is 367 g/mol. The smallest absolute Gasteiger partial charge is 0.331 e. The topological polar surface area (TPSA) is 87.9 Å². The first-order valence-corrected chi connectivity index (χ1v) is 7.86. The lowest BCUT2D eigenvalue weighted by Crippen LogP contribution is -2.00. The molecule has 0 radical (unpaired) electrons. The number of carbonyl (C=O) groups is 1. The van der Waals surface area contributed by atoms with Gasteiger partial charge in [0.25, 0.3) is 5.69 Å². The van der Waals surface area contributed by atoms with E-state index in [1.165, 1.54) is 25.3 Å². The van der Waals surface area contributed by atoms with E-state index in [0.717, 1.165) is 5.56 Å². The summed E-state index contributed by atoms with van der Waals surface area (Å²) in [5, 5.41) is 10.7. The molecular weight excluding hydrogens is 350 g/mol. The van der Waals surface area contributed by atoms with Gasteiger partial charge < -0.3 is 14.2 Å². The molecule has 0 spiro atoms. The molecule has 7 heteroatoms. The van der Waals surface area contributed by atoms with Crippen molar-refractivity contribution in [2.45, 2.75) is 6.61 Å². The average molecular weight is 367 g/mol. The summed E-state index contributed by atoms with van der Waals surface area (Å²) >= 11 is 0. The van der Waals surface area contributed by atoms with Gasteiger partial charge in [0.2, 0.25) is 0 Å². The van der Waals surface area contributed by atoms with E-state index in [0.29, 0.717) is 17.1 Å². The summed E-state index contributed by atoms with van der Waals surface area (Å²) in [4.78, 5) is 21.7. The lowest BCUT2D eigenvalue weighted by Gasteiger charge is -2.11. The number of rotatable bonds is 8. The minimum absolute atomic E-state index is 0.0141. The van der Waals surface area contributed by atoms with Crippen LogP contribution in [0.5, 0.6) is 11.5 Å². The maximum absolute atomic E-state index is 11.5. The first-order valence-electron chi connectivity index (χ1n) is 7.86. The summed E-state index contributed by atoms with van der Waals surface area (Å²) in [6, 6.07) is 11.2. The Labute approximate surface area is 156 Å². The standard InChI is InChI=1S/C20H17NO6/c1-3-12-26-20(22)11-7-15-6-10-18(25-2)19(13-15)27-14-16-4-8-17(9-5-16)21(23)24/h1,4-11,13H,12,14H2,2H3/b11-7+. The van der Waals surface area contributed by atoms with Gasteiger partial charge in [0.05, 0.1) is 12.0 Å². The first-order chi connectivity index (χ1) is 13.0. The second-order valence-electron chi connectivity index (χ2n) is 5.27. The van der Waals surface area contributed by atoms with E-state index >= 15 is 0 Å². The normalized spacial score (nSPS) is 10.2. The minimum Gasteiger partial charge on any atom is -0.493 e. The first kappa shape index (κ1) is 19.5. The summed E-state index contributed by atoms with van der Waals surface area (Å²) in [5.74, 6) is 2.65. The van der Waals surface area contributed by atoms with Crippen molar-refractivity contribution in [2.75, 3.05) is 13.7 Å². The SMILES string of the molecule is C#CCOC(=O)/C=C/c1ccc(OC)c(OCc2ccc([N+](=O)[O-])cc2)c1. The number of carbonyl (C=O) groups excluding carboxylic acids is 1. The van der Waals surface area contributed by atoms with Gasteiger partial charge in [0.15, 0.2) is 18.1 Å². The van der Waals surface area contributed by atoms with E-state index in [1.807, 2.05) is 0 Å². The van der Waals surface area contributed by atoms with Crippen LogP contribution in [0, 0.1) is 22.5 Å². The molecule has 0 saturated heterocycles. The fraction of sp³-hybridized carbons (Fsp3) is 0.150. The quantitative estimate of drug-likeness (QED) is 0.234. The third kappa shape index (κ3) is 5.90. The highest BCUT2D eigenvalue weighted by atomic mass is 16.6. The molecule has 7 nitrogen and oxygen atoms in total. The van der Waals surface area contributed by atoms with Gasteiger partial charge in [0.1, 0.15) is 6.61 Å². The molecule has 0 unspecified atom stereocenters. The Morgan fingerprint density at radius 1 is 1.22 bits per heavy atom. The van der Waals surface area contributed by atoms with Crippen molar-refractivity contribution < 1.29 is 23.9 Å². The molecule has 27 heavy (non-hydrogen) atoms. The number of nitro benzene ring substituents is 1. The van der Waals surface area contributed by atoms with Crippen LogP contribution in [0.25, 0.3) is 6.08 Å². The van der Waals surface area contributed by atoms with Crippen LogP contribution in [0.3, 0.4) is 0 Å². The molecule has 0 bridgehead atoms. The van der Waals surface area contributed by atoms with Crippen LogP contribution in [0.4, 0.5) is 5.69 Å². The highest BCUT2D eigenvalue weighted by Crippen LogP contribution is 2.29. The maximum atomic E-state index is 11.5. The van der Waals surface area contributed by atoms with E-state index in [-0.39, 0.29) is 18.9 Å². The lowest BCUT2D eigenvalue weighted by atomic mass is 10.2. The van der Waals surface area contributed by atoms with Gasteiger partial charge in [0, 0.05) is 18.2 Å². The van der Waals surface area contributed by atoms with Crippen LogP contribution in [0.2, 0.25) is 0 Å². The zero-order valence-electron chi connectivity index (χ0n) is 14.6. The summed E-state index contributed by atoms with van der Waals surface area (Å²) in [5.41, 5.74) is 1.48. The second-order valence-corrected chi connectivity index (χ2v) is 5.27. The van der Waals surface area contributed by atoms with E-state index in [9.17, 15) is 14.9 Å². The van der Waals surface area contributed by atoms with Gasteiger partial charge in [-0.15, -0.1) is 6.42 Å². The van der Waals surface area contributed by atoms with Crippen molar-refractivity contribution in [3.63, 3.8) is 0 Å². The van der Waals surface area contributed by atoms with Gasteiger partial charge in [-0.05, 0) is 41.5 Å². The summed E-state index contributed by atoms with van der Waals surface area (Å²) < 4.78 is 15.8. The van der Waals surface area contributed by atoms with Crippen LogP contribution in [-0.4, -0.2) is 24.6 Å². The molecule has 0 heterocycles. The molecule has 2 rings (SSSR count). The maximum Gasteiger partial charge on any atom is 0.331 e. The number of methoxy groups -OCH3 is 1. The van der Waals surface area contributed by atoms with Crippen LogP contribution in [0.1, 0.15) is 11.1 Å². The summed E-state index contributed by atoms with van der Waals surface area (Å²) in [7, 11) is 1.51. The van der Waals surface area contributed by atoms with E-state index < -0.39 is 10.9 Å². The number of hydrogen-bond donors (Lipinski definition) is 0. The fourth-order valence-electron chi connectivity index (χ4n) is 2.11. The van der Waals surface area contributed by atoms with Crippen LogP contribution in [0.15, 0.2) is 48.5 Å². The summed E-state index contributed by atoms with van der Waals surface area (Å²) in [6.07, 6.45) is 7.85. The zero-order valence-corrected chi connectivity index (χ0v) is 14.6. The number of nitro groups is 1. The van der Waals surface area contributed by atoms with Crippen LogP contribution < -0.4 is 9.47 Å². The molecule has 0 aliphatic heterocycles. The molecule has 138 valence electrons. The van der Waals surface area contributed by atoms with Crippen molar-refractivity contribution >= 4 is 17.7 Å². The molecule has 0 fully saturated rings. The fourth-order valence-corrected chi connectivity index (χ4v) is 2.11. The molecule has 0 atom stereocenters. The predicted octanol–water partition coefficient (Wildman–Crippen LogP) is 3.37. The van der Waals surface area contributed by atoms with E-state index in [1.54, 1.807) is 36.4 Å². The molecule has 2 aromatic rings. The molecule has 0 aliphatic rings. The van der Waals surface area contributed by atoms with Crippen molar-refractivity contribution in [1.29, 1.82) is 0 Å². The van der Waals surface area contributed by atoms with Crippen molar-refractivity contribution in [1.82, 2.24) is 0 Å². The van der Waals surface area contributed by atoms with Gasteiger partial charge >= 0.3 is 5.97 Å². The Morgan fingerprint density at radius 3 is 2.59 bits per heavy atom. The third-order valence-corrected chi connectivity index (χ3v) is 3.44. The Morgan fingerprint density at radius 2 is 1.96 bits per heavy atom. The van der Waals surface area contributed by atoms with Gasteiger partial charge in [-0.3, -0.25) is 10.1 Å². The second kappa shape index (κ2) is 9.63. The Kier molecular flexibility index (Phi) is 6.97. The van der Waals surface area contributed by atoms with Gasteiger partial charge in [-0.25, -0.2) is 4.79 Å². The number of non-ortho nitro benzene ring substituents is 1. The molecule has 0 aliphatic carbocycles. The van der Waals surface area contributed by atoms with Crippen LogP contribution in [-0.2, 0) is 16.1 Å². The van der Waals surface area contributed by atoms with Gasteiger partial charge in [-0.1, -0.05) is 12.0 Å². The Bertz CT molecular complexity index is 880. The molecular formula is C20H17NO6. The number of esters is 1. The largest absolute Gasteiger partial charge is 0.493 e. The highest BCUT2D eigenvalue weighted by Gasteiger charge is 2.08. The van der Waals surface area contributed by atoms with Gasteiger partial charge in [-0.2, -0.15) is 0 Å². The molecule has 0 amide bonds. The zero-order chi connectivity index (χ0) is 19.6. The predicted molar refractivity (Wildman–Crippen MR) is 99.2 cm³/mol. The third-order valence-electron chi connectivity index (χ3n) is 3.44. The van der Waals surface area contributed by atoms with E-state index in [4.69, 9.17) is 20.6 Å². The molecule has 0 aromatic heterocycles. The Hall–Kier alpha value is -3.79. The highest BCUT2D eigenvalue weighted by molar-refractivity contribution is 5.87. The molecule has 0 N–H and O–H groups in total. The number of terminal acetylenes is 1. The number of benzene rings is 2. The summed E-state index contributed by atoms with van der Waals surface area (Å²) in [6.45, 7) is 0.112. The number of nitrogens with zero attached hydrogens (tertiary/aromatic N) is 1. The minimum atomic E-state index is -0.544. The molecule has 2 aromatic carbocycles. The van der Waals surface area contributed by atoms with Crippen molar-refractivity contribution in [3.05, 3.63) is 69.8 Å². The van der Waals surface area contributed by atoms with Crippen molar-refractivity contribution in [2.24, 2.45) is 0 Å². The van der Waals surface area contributed by atoms with Crippen molar-refractivity contribution in [3.8, 4) is 23.8 Å². The number of hydrogen-bond acceptors (Lipinski definition) is 6. The lowest BCUT2D eigenvalue weighted by molar-refractivity contribution is -0.384. The van der Waals surface area contributed by atoms with E-state index in [2.05, 4.69) is 5.92 Å². The molecule has 0 saturated carbocycles. The average Bonchev–Trinajstić information content (AvgIpc) is 2.69. The number of ether oxygens (including phenoxy) is 3. The van der Waals surface area contributed by atoms with Crippen LogP contribution >= 0.6 is 0 Å². The Balaban J connectivity index is 2.08.